The van der Waals surface area contributed by atoms with Crippen molar-refractivity contribution in [1.29, 1.82) is 0 Å². The summed E-state index contributed by atoms with van der Waals surface area (Å²) in [6.45, 7) is 0. The van der Waals surface area contributed by atoms with Gasteiger partial charge in [-0.15, -0.1) is 10.2 Å². The minimum absolute atomic E-state index is 0.256. The molecule has 0 aromatic carbocycles. The lowest BCUT2D eigenvalue weighted by Crippen LogP contribution is -2.02. The monoisotopic (exact) mass is 178 g/mol. The SMILES string of the molecule is C1=COC(N=Nc2nnn[nH]2)C=C1. The first kappa shape index (κ1) is 7.59. The number of hydrogen-bond donors (Lipinski definition) is 1. The quantitative estimate of drug-likeness (QED) is 0.675. The molecule has 2 heterocycles. The molecule has 0 amide bonds. The molecule has 0 saturated carbocycles. The first-order chi connectivity index (χ1) is 6.45. The van der Waals surface area contributed by atoms with E-state index in [4.69, 9.17) is 4.74 Å². The van der Waals surface area contributed by atoms with Crippen LogP contribution in [0, 0.1) is 0 Å². The topological polar surface area (TPSA) is 88.4 Å². The number of aromatic amines is 1. The van der Waals surface area contributed by atoms with Crippen molar-refractivity contribution in [2.75, 3.05) is 0 Å². The summed E-state index contributed by atoms with van der Waals surface area (Å²) in [4.78, 5) is 0. The molecule has 7 nitrogen and oxygen atoms in total. The minimum Gasteiger partial charge on any atom is -0.471 e. The highest BCUT2D eigenvalue weighted by Crippen LogP contribution is 2.07. The summed E-state index contributed by atoms with van der Waals surface area (Å²) in [7, 11) is 0. The van der Waals surface area contributed by atoms with Crippen LogP contribution >= 0.6 is 0 Å². The van der Waals surface area contributed by atoms with Crippen molar-refractivity contribution in [2.24, 2.45) is 10.2 Å². The lowest BCUT2D eigenvalue weighted by Gasteiger charge is -2.06. The van der Waals surface area contributed by atoms with E-state index < -0.39 is 6.23 Å². The Morgan fingerprint density at radius 1 is 1.46 bits per heavy atom. The van der Waals surface area contributed by atoms with Crippen LogP contribution in [0.5, 0.6) is 0 Å². The van der Waals surface area contributed by atoms with Gasteiger partial charge in [0.05, 0.1) is 6.26 Å². The molecule has 13 heavy (non-hydrogen) atoms. The zero-order valence-electron chi connectivity index (χ0n) is 6.53. The third-order valence-corrected chi connectivity index (χ3v) is 1.28. The van der Waals surface area contributed by atoms with Gasteiger partial charge in [0.15, 0.2) is 0 Å². The number of allylic oxidation sites excluding steroid dienone is 2. The van der Waals surface area contributed by atoms with Gasteiger partial charge in [0, 0.05) is 0 Å². The van der Waals surface area contributed by atoms with Crippen molar-refractivity contribution in [3.8, 4) is 0 Å². The molecule has 1 atom stereocenters. The molecule has 66 valence electrons. The molecule has 0 radical (unpaired) electrons. The fourth-order valence-corrected chi connectivity index (χ4v) is 0.750. The number of H-pyrrole nitrogens is 1. The van der Waals surface area contributed by atoms with Crippen molar-refractivity contribution in [3.63, 3.8) is 0 Å². The normalized spacial score (nSPS) is 20.8. The number of nitrogens with one attached hydrogen (secondary N) is 1. The second-order valence-electron chi connectivity index (χ2n) is 2.18. The molecular weight excluding hydrogens is 172 g/mol. The molecule has 0 spiro atoms. The van der Waals surface area contributed by atoms with Crippen molar-refractivity contribution in [1.82, 2.24) is 20.6 Å². The molecule has 1 unspecified atom stereocenters. The van der Waals surface area contributed by atoms with Crippen LogP contribution in [0.4, 0.5) is 5.95 Å². The molecule has 0 saturated heterocycles. The Kier molecular flexibility index (Phi) is 2.08. The molecule has 1 aromatic heterocycles. The maximum Gasteiger partial charge on any atom is 0.285 e. The van der Waals surface area contributed by atoms with Gasteiger partial charge in [-0.25, -0.2) is 5.10 Å². The van der Waals surface area contributed by atoms with Crippen molar-refractivity contribution in [2.45, 2.75) is 6.23 Å². The molecule has 0 fully saturated rings. The number of azo groups is 1. The van der Waals surface area contributed by atoms with Crippen LogP contribution < -0.4 is 0 Å². The summed E-state index contributed by atoms with van der Waals surface area (Å²) < 4.78 is 5.07. The van der Waals surface area contributed by atoms with E-state index in [-0.39, 0.29) is 5.95 Å². The van der Waals surface area contributed by atoms with Crippen LogP contribution in [-0.4, -0.2) is 26.9 Å². The Morgan fingerprint density at radius 2 is 2.46 bits per heavy atom. The molecule has 1 aliphatic heterocycles. The van der Waals surface area contributed by atoms with Crippen LogP contribution in [0.25, 0.3) is 0 Å². The highest BCUT2D eigenvalue weighted by Gasteiger charge is 2.02. The summed E-state index contributed by atoms with van der Waals surface area (Å²) >= 11 is 0. The Labute approximate surface area is 73.2 Å². The predicted molar refractivity (Wildman–Crippen MR) is 41.8 cm³/mol. The first-order valence-electron chi connectivity index (χ1n) is 3.58. The lowest BCUT2D eigenvalue weighted by atomic mass is 10.4. The number of rotatable bonds is 2. The highest BCUT2D eigenvalue weighted by molar-refractivity contribution is 5.08. The molecule has 1 aromatic rings. The van der Waals surface area contributed by atoms with E-state index in [0.29, 0.717) is 0 Å². The highest BCUT2D eigenvalue weighted by atomic mass is 16.5. The van der Waals surface area contributed by atoms with Crippen LogP contribution in [0.3, 0.4) is 0 Å². The summed E-state index contributed by atoms with van der Waals surface area (Å²) in [5.74, 6) is 0.256. The van der Waals surface area contributed by atoms with Gasteiger partial charge in [-0.1, -0.05) is 11.2 Å². The minimum atomic E-state index is -0.393. The van der Waals surface area contributed by atoms with E-state index in [9.17, 15) is 0 Å². The van der Waals surface area contributed by atoms with E-state index in [2.05, 4.69) is 30.9 Å². The number of hydrogen-bond acceptors (Lipinski definition) is 6. The fourth-order valence-electron chi connectivity index (χ4n) is 0.750. The molecule has 1 aliphatic rings. The average Bonchev–Trinajstić information content (AvgIpc) is 2.69. The van der Waals surface area contributed by atoms with Crippen molar-refractivity contribution in [3.05, 3.63) is 24.5 Å². The Morgan fingerprint density at radius 3 is 3.15 bits per heavy atom. The third-order valence-electron chi connectivity index (χ3n) is 1.28. The van der Waals surface area contributed by atoms with E-state index in [1.54, 1.807) is 18.4 Å². The number of ether oxygens (including phenoxy) is 1. The van der Waals surface area contributed by atoms with E-state index >= 15 is 0 Å². The van der Waals surface area contributed by atoms with Gasteiger partial charge < -0.3 is 4.74 Å². The number of nitrogens with zero attached hydrogens (tertiary/aromatic N) is 5. The van der Waals surface area contributed by atoms with Gasteiger partial charge in [-0.2, -0.15) is 0 Å². The molecule has 7 heteroatoms. The van der Waals surface area contributed by atoms with Gasteiger partial charge >= 0.3 is 0 Å². The van der Waals surface area contributed by atoms with E-state index in [1.165, 1.54) is 0 Å². The largest absolute Gasteiger partial charge is 0.471 e. The van der Waals surface area contributed by atoms with Crippen molar-refractivity contribution >= 4 is 5.95 Å². The summed E-state index contributed by atoms with van der Waals surface area (Å²) in [5.41, 5.74) is 0. The third kappa shape index (κ3) is 1.95. The molecule has 1 N–H and O–H groups in total. The zero-order valence-corrected chi connectivity index (χ0v) is 6.53. The zero-order chi connectivity index (χ0) is 8.93. The second-order valence-corrected chi connectivity index (χ2v) is 2.18. The Balaban J connectivity index is 1.98. The molecular formula is C6H6N6O. The van der Waals surface area contributed by atoms with Crippen molar-refractivity contribution < 1.29 is 4.74 Å². The molecule has 2 rings (SSSR count). The van der Waals surface area contributed by atoms with Crippen LogP contribution in [0.15, 0.2) is 34.7 Å². The number of aromatic nitrogens is 4. The number of tetrazole rings is 1. The first-order valence-corrected chi connectivity index (χ1v) is 3.58. The van der Waals surface area contributed by atoms with Gasteiger partial charge in [-0.05, 0) is 22.6 Å². The van der Waals surface area contributed by atoms with Gasteiger partial charge in [0.1, 0.15) is 0 Å². The summed E-state index contributed by atoms with van der Waals surface area (Å²) in [6.07, 6.45) is 6.50. The molecule has 0 aliphatic carbocycles. The maximum atomic E-state index is 5.07. The molecule has 0 bridgehead atoms. The lowest BCUT2D eigenvalue weighted by molar-refractivity contribution is 0.185. The average molecular weight is 178 g/mol. The predicted octanol–water partition coefficient (Wildman–Crippen LogP) is 0.710. The maximum absolute atomic E-state index is 5.07. The standard InChI is InChI=1S/C6H6N6O/c1-2-4-13-5(3-1)7-8-6-9-11-12-10-6/h1-5H,(H,9,10,11,12). The fraction of sp³-hybridized carbons (Fsp3) is 0.167. The van der Waals surface area contributed by atoms with E-state index in [0.717, 1.165) is 0 Å². The van der Waals surface area contributed by atoms with Gasteiger partial charge in [-0.3, -0.25) is 0 Å². The van der Waals surface area contributed by atoms with E-state index in [1.807, 2.05) is 6.08 Å². The summed E-state index contributed by atoms with van der Waals surface area (Å²) in [5, 5.41) is 20.2. The van der Waals surface area contributed by atoms with Crippen LogP contribution in [0.2, 0.25) is 0 Å². The Bertz CT molecular complexity index is 340. The van der Waals surface area contributed by atoms with Gasteiger partial charge in [0.25, 0.3) is 5.95 Å². The smallest absolute Gasteiger partial charge is 0.285 e. The second kappa shape index (κ2) is 3.57. The van der Waals surface area contributed by atoms with Crippen LogP contribution in [-0.2, 0) is 4.74 Å². The Hall–Kier alpha value is -2.05. The summed E-state index contributed by atoms with van der Waals surface area (Å²) in [6, 6.07) is 0. The van der Waals surface area contributed by atoms with Crippen LogP contribution in [0.1, 0.15) is 0 Å². The van der Waals surface area contributed by atoms with Gasteiger partial charge in [0.2, 0.25) is 6.23 Å².